The summed E-state index contributed by atoms with van der Waals surface area (Å²) in [5, 5.41) is 0. The van der Waals surface area contributed by atoms with Crippen LogP contribution in [0, 0.1) is 17.5 Å². The molecule has 1 N–H and O–H groups in total. The van der Waals surface area contributed by atoms with Crippen LogP contribution in [-0.2, 0) is 10.0 Å². The van der Waals surface area contributed by atoms with Crippen LogP contribution in [0.4, 0.5) is 18.9 Å². The summed E-state index contributed by atoms with van der Waals surface area (Å²) in [6.45, 7) is 0. The number of hydrogen-bond donors (Lipinski definition) is 1. The fraction of sp³-hybridized carbons (Fsp3) is 0.0769. The second kappa shape index (κ2) is 5.65. The van der Waals surface area contributed by atoms with Gasteiger partial charge in [-0.25, -0.2) is 21.6 Å². The van der Waals surface area contributed by atoms with Crippen LogP contribution >= 0.6 is 0 Å². The van der Waals surface area contributed by atoms with Gasteiger partial charge >= 0.3 is 0 Å². The highest BCUT2D eigenvalue weighted by atomic mass is 32.2. The third kappa shape index (κ3) is 3.27. The molecule has 0 bridgehead atoms. The summed E-state index contributed by atoms with van der Waals surface area (Å²) in [5.41, 5.74) is -0.0244. The summed E-state index contributed by atoms with van der Waals surface area (Å²) in [5.74, 6) is -3.10. The van der Waals surface area contributed by atoms with Crippen molar-refractivity contribution in [2.75, 3.05) is 11.8 Å². The largest absolute Gasteiger partial charge is 0.494 e. The molecule has 4 nitrogen and oxygen atoms in total. The quantitative estimate of drug-likeness (QED) is 0.943. The van der Waals surface area contributed by atoms with Crippen LogP contribution in [0.2, 0.25) is 0 Å². The molecule has 0 saturated heterocycles. The number of nitrogens with one attached hydrogen (secondary N) is 1. The molecular weight excluding hydrogens is 307 g/mol. The van der Waals surface area contributed by atoms with E-state index >= 15 is 0 Å². The van der Waals surface area contributed by atoms with Crippen LogP contribution in [-0.4, -0.2) is 15.5 Å². The third-order valence-electron chi connectivity index (χ3n) is 2.61. The second-order valence-electron chi connectivity index (χ2n) is 4.03. The molecule has 2 aromatic carbocycles. The molecule has 8 heteroatoms. The molecule has 0 unspecified atom stereocenters. The Bertz CT molecular complexity index is 778. The van der Waals surface area contributed by atoms with E-state index in [4.69, 9.17) is 4.74 Å². The van der Waals surface area contributed by atoms with Gasteiger partial charge in [-0.3, -0.25) is 4.72 Å². The molecule has 0 aromatic heterocycles. The van der Waals surface area contributed by atoms with Crippen LogP contribution < -0.4 is 9.46 Å². The Morgan fingerprint density at radius 2 is 1.71 bits per heavy atom. The minimum absolute atomic E-state index is 0.0244. The van der Waals surface area contributed by atoms with E-state index in [-0.39, 0.29) is 11.4 Å². The second-order valence-corrected chi connectivity index (χ2v) is 5.71. The molecule has 2 aromatic rings. The average molecular weight is 317 g/mol. The zero-order valence-corrected chi connectivity index (χ0v) is 11.5. The molecule has 0 aliphatic rings. The molecule has 21 heavy (non-hydrogen) atoms. The van der Waals surface area contributed by atoms with Crippen molar-refractivity contribution in [2.24, 2.45) is 0 Å². The lowest BCUT2D eigenvalue weighted by molar-refractivity contribution is 0.413. The van der Waals surface area contributed by atoms with Crippen molar-refractivity contribution >= 4 is 15.7 Å². The first-order valence-electron chi connectivity index (χ1n) is 5.65. The van der Waals surface area contributed by atoms with E-state index < -0.39 is 32.4 Å². The van der Waals surface area contributed by atoms with Crippen molar-refractivity contribution in [2.45, 2.75) is 4.90 Å². The number of rotatable bonds is 4. The van der Waals surface area contributed by atoms with E-state index in [0.29, 0.717) is 12.1 Å². The molecule has 0 heterocycles. The lowest BCUT2D eigenvalue weighted by Crippen LogP contribution is -2.14. The maximum atomic E-state index is 13.1. The van der Waals surface area contributed by atoms with Crippen LogP contribution in [0.25, 0.3) is 0 Å². The Kier molecular flexibility index (Phi) is 4.08. The SMILES string of the molecule is COc1cc(F)ccc1NS(=O)(=O)c1ccc(F)c(F)c1. The van der Waals surface area contributed by atoms with Gasteiger partial charge in [0.15, 0.2) is 11.6 Å². The van der Waals surface area contributed by atoms with Crippen LogP contribution in [0.1, 0.15) is 0 Å². The van der Waals surface area contributed by atoms with Gasteiger partial charge in [0.1, 0.15) is 11.6 Å². The highest BCUT2D eigenvalue weighted by molar-refractivity contribution is 7.92. The molecule has 112 valence electrons. The molecule has 0 spiro atoms. The van der Waals surface area contributed by atoms with Gasteiger partial charge in [-0.2, -0.15) is 0 Å². The normalized spacial score (nSPS) is 11.2. The maximum Gasteiger partial charge on any atom is 0.262 e. The Hall–Kier alpha value is -2.22. The summed E-state index contributed by atoms with van der Waals surface area (Å²) in [7, 11) is -2.92. The van der Waals surface area contributed by atoms with Gasteiger partial charge in [0, 0.05) is 6.07 Å². The van der Waals surface area contributed by atoms with Gasteiger partial charge in [-0.05, 0) is 30.3 Å². The van der Waals surface area contributed by atoms with Gasteiger partial charge in [-0.15, -0.1) is 0 Å². The molecule has 0 radical (unpaired) electrons. The van der Waals surface area contributed by atoms with E-state index in [1.807, 2.05) is 0 Å². The first-order valence-corrected chi connectivity index (χ1v) is 7.13. The van der Waals surface area contributed by atoms with Crippen LogP contribution in [0.3, 0.4) is 0 Å². The average Bonchev–Trinajstić information content (AvgIpc) is 2.43. The summed E-state index contributed by atoms with van der Waals surface area (Å²) >= 11 is 0. The number of sulfonamides is 1. The van der Waals surface area contributed by atoms with Crippen molar-refractivity contribution in [3.63, 3.8) is 0 Å². The zero-order valence-electron chi connectivity index (χ0n) is 10.7. The number of methoxy groups -OCH3 is 1. The number of anilines is 1. The predicted octanol–water partition coefficient (Wildman–Crippen LogP) is 2.91. The molecule has 0 saturated carbocycles. The van der Waals surface area contributed by atoms with Crippen LogP contribution in [0.5, 0.6) is 5.75 Å². The zero-order chi connectivity index (χ0) is 15.6. The van der Waals surface area contributed by atoms with Gasteiger partial charge < -0.3 is 4.74 Å². The Morgan fingerprint density at radius 3 is 2.33 bits per heavy atom. The molecule has 0 aliphatic heterocycles. The highest BCUT2D eigenvalue weighted by Gasteiger charge is 2.18. The fourth-order valence-corrected chi connectivity index (χ4v) is 2.68. The number of benzene rings is 2. The van der Waals surface area contributed by atoms with E-state index in [0.717, 1.165) is 24.3 Å². The van der Waals surface area contributed by atoms with Crippen molar-refractivity contribution in [1.82, 2.24) is 0 Å². The summed E-state index contributed by atoms with van der Waals surface area (Å²) in [4.78, 5) is -0.465. The lowest BCUT2D eigenvalue weighted by Gasteiger charge is -2.12. The van der Waals surface area contributed by atoms with E-state index in [1.54, 1.807) is 0 Å². The Labute approximate surface area is 119 Å². The molecule has 2 rings (SSSR count). The summed E-state index contributed by atoms with van der Waals surface area (Å²) in [6, 6.07) is 5.34. The van der Waals surface area contributed by atoms with Gasteiger partial charge in [0.2, 0.25) is 0 Å². The van der Waals surface area contributed by atoms with E-state index in [2.05, 4.69) is 4.72 Å². The molecule has 0 fully saturated rings. The Morgan fingerprint density at radius 1 is 1.00 bits per heavy atom. The van der Waals surface area contributed by atoms with Crippen molar-refractivity contribution in [3.05, 3.63) is 53.8 Å². The van der Waals surface area contributed by atoms with Crippen LogP contribution in [0.15, 0.2) is 41.3 Å². The topological polar surface area (TPSA) is 55.4 Å². The fourth-order valence-electron chi connectivity index (χ4n) is 1.60. The minimum Gasteiger partial charge on any atom is -0.494 e. The van der Waals surface area contributed by atoms with Gasteiger partial charge in [0.05, 0.1) is 17.7 Å². The number of hydrogen-bond acceptors (Lipinski definition) is 3. The monoisotopic (exact) mass is 317 g/mol. The standard InChI is InChI=1S/C13H10F3NO3S/c1-20-13-6-8(14)2-5-12(13)17-21(18,19)9-3-4-10(15)11(16)7-9/h2-7,17H,1H3. The van der Waals surface area contributed by atoms with E-state index in [9.17, 15) is 21.6 Å². The minimum atomic E-state index is -4.16. The molecule has 0 amide bonds. The van der Waals surface area contributed by atoms with Gasteiger partial charge in [0.25, 0.3) is 10.0 Å². The summed E-state index contributed by atoms with van der Waals surface area (Å²) in [6.07, 6.45) is 0. The van der Waals surface area contributed by atoms with Crippen molar-refractivity contribution in [3.8, 4) is 5.75 Å². The third-order valence-corrected chi connectivity index (χ3v) is 3.97. The molecular formula is C13H10F3NO3S. The predicted molar refractivity (Wildman–Crippen MR) is 70.1 cm³/mol. The van der Waals surface area contributed by atoms with E-state index in [1.165, 1.54) is 7.11 Å². The number of halogens is 3. The Balaban J connectivity index is 2.39. The lowest BCUT2D eigenvalue weighted by atomic mass is 10.3. The maximum absolute atomic E-state index is 13.1. The smallest absolute Gasteiger partial charge is 0.262 e. The first kappa shape index (κ1) is 15.2. The van der Waals surface area contributed by atoms with Crippen molar-refractivity contribution < 1.29 is 26.3 Å². The summed E-state index contributed by atoms with van der Waals surface area (Å²) < 4.78 is 70.1. The van der Waals surface area contributed by atoms with Gasteiger partial charge in [-0.1, -0.05) is 0 Å². The molecule has 0 atom stereocenters. The van der Waals surface area contributed by atoms with Crippen molar-refractivity contribution in [1.29, 1.82) is 0 Å². The molecule has 0 aliphatic carbocycles. The highest BCUT2D eigenvalue weighted by Crippen LogP contribution is 2.27. The number of ether oxygens (including phenoxy) is 1. The first-order chi connectivity index (χ1) is 9.83.